The SMILES string of the molecule is C[C@H](NC(=O)c1nn(-c2ccc(Cl)cc2Cl)c2c1CCCC/C2=C\c1ccc(Cl)cc1)C1CCCCC1. The van der Waals surface area contributed by atoms with Crippen LogP contribution in [0.15, 0.2) is 42.5 Å². The number of halogens is 3. The third-order valence-corrected chi connectivity index (χ3v) is 8.48. The maximum Gasteiger partial charge on any atom is 0.272 e. The molecule has 1 heterocycles. The quantitative estimate of drug-likeness (QED) is 0.319. The van der Waals surface area contributed by atoms with Crippen LogP contribution in [-0.2, 0) is 6.42 Å². The molecular weight excluding hydrogens is 525 g/mol. The molecule has 1 atom stereocenters. The summed E-state index contributed by atoms with van der Waals surface area (Å²) in [5.74, 6) is 0.412. The zero-order chi connectivity index (χ0) is 25.9. The van der Waals surface area contributed by atoms with Crippen LogP contribution < -0.4 is 5.32 Å². The second-order valence-electron chi connectivity index (χ2n) is 10.3. The number of nitrogens with one attached hydrogen (secondary N) is 1. The first-order valence-corrected chi connectivity index (χ1v) is 14.4. The van der Waals surface area contributed by atoms with Gasteiger partial charge < -0.3 is 5.32 Å². The maximum absolute atomic E-state index is 13.7. The van der Waals surface area contributed by atoms with Gasteiger partial charge in [0.2, 0.25) is 0 Å². The molecule has 2 aliphatic carbocycles. The number of hydrogen-bond acceptors (Lipinski definition) is 2. The molecule has 0 spiro atoms. The second kappa shape index (κ2) is 11.6. The van der Waals surface area contributed by atoms with Crippen LogP contribution in [0.1, 0.15) is 85.6 Å². The second-order valence-corrected chi connectivity index (χ2v) is 11.6. The van der Waals surface area contributed by atoms with Crippen LogP contribution in [0.5, 0.6) is 0 Å². The molecular formula is C30H32Cl3N3O. The zero-order valence-corrected chi connectivity index (χ0v) is 23.3. The van der Waals surface area contributed by atoms with Crippen molar-refractivity contribution >= 4 is 52.4 Å². The number of carbonyl (C=O) groups is 1. The molecule has 5 rings (SSSR count). The minimum atomic E-state index is -0.106. The number of carbonyl (C=O) groups excluding carboxylic acids is 1. The van der Waals surface area contributed by atoms with Gasteiger partial charge in [0.1, 0.15) is 0 Å². The van der Waals surface area contributed by atoms with Crippen molar-refractivity contribution in [3.05, 3.63) is 80.0 Å². The average molecular weight is 557 g/mol. The number of benzene rings is 2. The van der Waals surface area contributed by atoms with Crippen LogP contribution in [0.2, 0.25) is 15.1 Å². The fourth-order valence-electron chi connectivity index (χ4n) is 5.69. The predicted molar refractivity (Wildman–Crippen MR) is 154 cm³/mol. The van der Waals surface area contributed by atoms with Gasteiger partial charge in [-0.3, -0.25) is 4.79 Å². The van der Waals surface area contributed by atoms with Gasteiger partial charge in [0.25, 0.3) is 5.91 Å². The lowest BCUT2D eigenvalue weighted by atomic mass is 9.84. The Hall–Kier alpha value is -2.27. The van der Waals surface area contributed by atoms with Crippen LogP contribution in [0, 0.1) is 5.92 Å². The summed E-state index contributed by atoms with van der Waals surface area (Å²) in [6.07, 6.45) is 12.0. The number of fused-ring (bicyclic) bond motifs is 1. The van der Waals surface area contributed by atoms with E-state index in [1.165, 1.54) is 32.1 Å². The van der Waals surface area contributed by atoms with Crippen molar-refractivity contribution in [2.24, 2.45) is 5.92 Å². The minimum Gasteiger partial charge on any atom is -0.348 e. The van der Waals surface area contributed by atoms with Gasteiger partial charge in [0.05, 0.1) is 16.4 Å². The van der Waals surface area contributed by atoms with Crippen molar-refractivity contribution in [3.8, 4) is 5.69 Å². The first-order chi connectivity index (χ1) is 17.9. The standard InChI is InChI=1S/C30H32Cl3N3O/c1-19(21-7-3-2-4-8-21)34-30(37)28-25-10-6-5-9-22(17-20-11-13-23(31)14-12-20)29(25)36(35-28)27-16-15-24(32)18-26(27)33/h11-19,21H,2-10H2,1H3,(H,34,37)/b22-17+/t19-/m0/s1. The summed E-state index contributed by atoms with van der Waals surface area (Å²) in [4.78, 5) is 13.7. The molecule has 2 aromatic carbocycles. The molecule has 1 amide bonds. The average Bonchev–Trinajstić information content (AvgIpc) is 3.14. The summed E-state index contributed by atoms with van der Waals surface area (Å²) in [7, 11) is 0. The van der Waals surface area contributed by atoms with E-state index in [2.05, 4.69) is 18.3 Å². The Morgan fingerprint density at radius 3 is 2.41 bits per heavy atom. The minimum absolute atomic E-state index is 0.106. The summed E-state index contributed by atoms with van der Waals surface area (Å²) >= 11 is 19.0. The van der Waals surface area contributed by atoms with Gasteiger partial charge in [-0.2, -0.15) is 5.10 Å². The highest BCUT2D eigenvalue weighted by molar-refractivity contribution is 6.35. The van der Waals surface area contributed by atoms with E-state index in [9.17, 15) is 4.79 Å². The summed E-state index contributed by atoms with van der Waals surface area (Å²) < 4.78 is 1.85. The molecule has 1 fully saturated rings. The van der Waals surface area contributed by atoms with Gasteiger partial charge in [0, 0.05) is 21.7 Å². The predicted octanol–water partition coefficient (Wildman–Crippen LogP) is 8.80. The van der Waals surface area contributed by atoms with Crippen molar-refractivity contribution in [1.82, 2.24) is 15.1 Å². The molecule has 1 saturated carbocycles. The Morgan fingerprint density at radius 2 is 1.68 bits per heavy atom. The molecule has 2 aliphatic rings. The smallest absolute Gasteiger partial charge is 0.272 e. The molecule has 3 aromatic rings. The van der Waals surface area contributed by atoms with E-state index in [0.717, 1.165) is 48.1 Å². The van der Waals surface area contributed by atoms with Gasteiger partial charge in [-0.05, 0) is 98.9 Å². The molecule has 7 heteroatoms. The molecule has 0 saturated heterocycles. The zero-order valence-electron chi connectivity index (χ0n) is 21.1. The number of aromatic nitrogens is 2. The summed E-state index contributed by atoms with van der Waals surface area (Å²) in [6.45, 7) is 2.13. The topological polar surface area (TPSA) is 46.9 Å². The van der Waals surface area contributed by atoms with Crippen LogP contribution in [0.3, 0.4) is 0 Å². The van der Waals surface area contributed by atoms with Crippen molar-refractivity contribution in [1.29, 1.82) is 0 Å². The van der Waals surface area contributed by atoms with E-state index in [1.807, 2.05) is 35.0 Å². The number of amides is 1. The highest BCUT2D eigenvalue weighted by Gasteiger charge is 2.30. The normalized spacial score (nSPS) is 18.3. The van der Waals surface area contributed by atoms with Crippen molar-refractivity contribution < 1.29 is 4.79 Å². The van der Waals surface area contributed by atoms with Gasteiger partial charge in [-0.15, -0.1) is 0 Å². The highest BCUT2D eigenvalue weighted by Crippen LogP contribution is 2.37. The van der Waals surface area contributed by atoms with E-state index >= 15 is 0 Å². The molecule has 4 nitrogen and oxygen atoms in total. The van der Waals surface area contributed by atoms with E-state index in [1.54, 1.807) is 12.1 Å². The summed E-state index contributed by atoms with van der Waals surface area (Å²) in [5, 5.41) is 9.96. The molecule has 0 radical (unpaired) electrons. The fraction of sp³-hybridized carbons (Fsp3) is 0.400. The highest BCUT2D eigenvalue weighted by atomic mass is 35.5. The summed E-state index contributed by atoms with van der Waals surface area (Å²) in [6, 6.07) is 13.3. The Bertz CT molecular complexity index is 1310. The van der Waals surface area contributed by atoms with Crippen molar-refractivity contribution in [3.63, 3.8) is 0 Å². The van der Waals surface area contributed by atoms with E-state index < -0.39 is 0 Å². The van der Waals surface area contributed by atoms with Gasteiger partial charge in [-0.25, -0.2) is 4.68 Å². The molecule has 37 heavy (non-hydrogen) atoms. The Kier molecular flexibility index (Phi) is 8.28. The molecule has 1 N–H and O–H groups in total. The fourth-order valence-corrected chi connectivity index (χ4v) is 6.30. The first-order valence-electron chi connectivity index (χ1n) is 13.3. The number of allylic oxidation sites excluding steroid dienone is 1. The Labute approximate surface area is 234 Å². The van der Waals surface area contributed by atoms with Crippen molar-refractivity contribution in [2.75, 3.05) is 0 Å². The van der Waals surface area contributed by atoms with E-state index in [4.69, 9.17) is 39.9 Å². The monoisotopic (exact) mass is 555 g/mol. The van der Waals surface area contributed by atoms with Gasteiger partial charge in [0.15, 0.2) is 5.69 Å². The lowest BCUT2D eigenvalue weighted by Crippen LogP contribution is -2.39. The molecule has 0 aliphatic heterocycles. The molecule has 194 valence electrons. The molecule has 0 unspecified atom stereocenters. The van der Waals surface area contributed by atoms with Crippen LogP contribution in [0.25, 0.3) is 17.3 Å². The molecule has 1 aromatic heterocycles. The third kappa shape index (κ3) is 5.92. The summed E-state index contributed by atoms with van der Waals surface area (Å²) in [5.41, 5.74) is 5.33. The van der Waals surface area contributed by atoms with Gasteiger partial charge in [-0.1, -0.05) is 66.2 Å². The number of hydrogen-bond donors (Lipinski definition) is 1. The van der Waals surface area contributed by atoms with Crippen LogP contribution in [-0.4, -0.2) is 21.7 Å². The number of nitrogens with zero attached hydrogens (tertiary/aromatic N) is 2. The van der Waals surface area contributed by atoms with Crippen LogP contribution in [0.4, 0.5) is 0 Å². The third-order valence-electron chi connectivity index (χ3n) is 7.69. The largest absolute Gasteiger partial charge is 0.348 e. The van der Waals surface area contributed by atoms with Crippen molar-refractivity contribution in [2.45, 2.75) is 70.8 Å². The lowest BCUT2D eigenvalue weighted by Gasteiger charge is -2.28. The first kappa shape index (κ1) is 26.3. The number of rotatable bonds is 5. The Morgan fingerprint density at radius 1 is 0.973 bits per heavy atom. The Balaban J connectivity index is 1.60. The lowest BCUT2D eigenvalue weighted by molar-refractivity contribution is 0.0913. The molecule has 0 bridgehead atoms. The van der Waals surface area contributed by atoms with E-state index in [-0.39, 0.29) is 11.9 Å². The maximum atomic E-state index is 13.7. The van der Waals surface area contributed by atoms with Crippen LogP contribution >= 0.6 is 34.8 Å². The van der Waals surface area contributed by atoms with Gasteiger partial charge >= 0.3 is 0 Å². The van der Waals surface area contributed by atoms with E-state index in [0.29, 0.717) is 32.4 Å².